The minimum atomic E-state index is 0.0608. The van der Waals surface area contributed by atoms with Gasteiger partial charge in [0.2, 0.25) is 5.91 Å². The summed E-state index contributed by atoms with van der Waals surface area (Å²) in [7, 11) is 5.59. The molecule has 0 saturated carbocycles. The zero-order valence-corrected chi connectivity index (χ0v) is 16.5. The lowest BCUT2D eigenvalue weighted by atomic mass is 10.1. The first-order chi connectivity index (χ1) is 12.7. The molecule has 2 heterocycles. The Hall–Kier alpha value is -1.51. The molecule has 26 heavy (non-hydrogen) atoms. The lowest BCUT2D eigenvalue weighted by Gasteiger charge is -2.08. The van der Waals surface area contributed by atoms with Crippen LogP contribution in [0.25, 0.3) is 11.4 Å². The molecular formula is C18H24N4O2S2. The van der Waals surface area contributed by atoms with Crippen LogP contribution in [0.4, 0.5) is 5.69 Å². The highest BCUT2D eigenvalue weighted by atomic mass is 33.1. The summed E-state index contributed by atoms with van der Waals surface area (Å²) in [5.74, 6) is 2.60. The quantitative estimate of drug-likeness (QED) is 0.490. The maximum atomic E-state index is 12.2. The zero-order valence-electron chi connectivity index (χ0n) is 14.9. The third kappa shape index (κ3) is 5.75. The Morgan fingerprint density at radius 1 is 1.42 bits per heavy atom. The molecule has 0 aliphatic carbocycles. The summed E-state index contributed by atoms with van der Waals surface area (Å²) >= 11 is 0. The lowest BCUT2D eigenvalue weighted by molar-refractivity contribution is -0.116. The van der Waals surface area contributed by atoms with Crippen LogP contribution in [0.5, 0.6) is 0 Å². The third-order valence-corrected chi connectivity index (χ3v) is 7.13. The molecule has 1 aromatic heterocycles. The number of aromatic nitrogens is 3. The molecule has 0 radical (unpaired) electrons. The number of carbonyl (C=O) groups excluding carboxylic acids is 1. The van der Waals surface area contributed by atoms with Crippen molar-refractivity contribution >= 4 is 33.2 Å². The number of methoxy groups -OCH3 is 1. The van der Waals surface area contributed by atoms with Crippen LogP contribution in [-0.4, -0.2) is 39.2 Å². The number of rotatable bonds is 9. The number of nitrogens with one attached hydrogen (secondary N) is 2. The van der Waals surface area contributed by atoms with Gasteiger partial charge in [0.1, 0.15) is 6.61 Å². The van der Waals surface area contributed by atoms with Crippen LogP contribution in [0, 0.1) is 0 Å². The molecule has 0 bridgehead atoms. The molecule has 1 aliphatic heterocycles. The topological polar surface area (TPSA) is 79.9 Å². The van der Waals surface area contributed by atoms with Gasteiger partial charge in [-0.15, -0.1) is 0 Å². The Morgan fingerprint density at radius 2 is 2.35 bits per heavy atom. The van der Waals surface area contributed by atoms with Crippen molar-refractivity contribution in [2.24, 2.45) is 0 Å². The second kappa shape index (κ2) is 9.99. The normalized spacial score (nSPS) is 16.7. The second-order valence-electron chi connectivity index (χ2n) is 6.24. The van der Waals surface area contributed by atoms with Crippen LogP contribution in [0.3, 0.4) is 0 Å². The average Bonchev–Trinajstić information content (AvgIpc) is 3.31. The molecule has 2 aromatic rings. The standard InChI is InChI=1S/C18H24N4O2S2/c1-24-12-16-20-18(22-21-16)13-5-4-6-14(11-13)19-17(23)8-3-2-7-15-9-10-25-26-15/h4-6,11,15H,2-3,7-10,12H2,1H3,(H,19,23)(H,20,21,22)/t15-/m0/s1. The molecule has 1 aliphatic rings. The first kappa shape index (κ1) is 19.3. The molecule has 1 amide bonds. The van der Waals surface area contributed by atoms with Gasteiger partial charge in [0.25, 0.3) is 0 Å². The minimum Gasteiger partial charge on any atom is -0.377 e. The highest BCUT2D eigenvalue weighted by molar-refractivity contribution is 8.77. The molecule has 0 unspecified atom stereocenters. The number of ether oxygens (including phenoxy) is 1. The van der Waals surface area contributed by atoms with E-state index in [1.165, 1.54) is 18.6 Å². The number of aromatic amines is 1. The van der Waals surface area contributed by atoms with Crippen molar-refractivity contribution in [3.63, 3.8) is 0 Å². The summed E-state index contributed by atoms with van der Waals surface area (Å²) in [6.07, 6.45) is 5.14. The minimum absolute atomic E-state index is 0.0608. The van der Waals surface area contributed by atoms with Gasteiger partial charge in [-0.05, 0) is 31.4 Å². The van der Waals surface area contributed by atoms with Crippen LogP contribution < -0.4 is 5.32 Å². The molecule has 6 nitrogen and oxygen atoms in total. The van der Waals surface area contributed by atoms with Gasteiger partial charge in [-0.1, -0.05) is 40.1 Å². The van der Waals surface area contributed by atoms with E-state index in [4.69, 9.17) is 4.74 Å². The van der Waals surface area contributed by atoms with E-state index in [0.717, 1.165) is 29.3 Å². The zero-order chi connectivity index (χ0) is 18.2. The average molecular weight is 393 g/mol. The number of hydrogen-bond acceptors (Lipinski definition) is 6. The number of carbonyl (C=O) groups is 1. The molecule has 1 atom stereocenters. The van der Waals surface area contributed by atoms with E-state index in [1.54, 1.807) is 7.11 Å². The fraction of sp³-hybridized carbons (Fsp3) is 0.500. The van der Waals surface area contributed by atoms with Gasteiger partial charge in [-0.2, -0.15) is 5.10 Å². The number of anilines is 1. The van der Waals surface area contributed by atoms with Gasteiger partial charge < -0.3 is 10.1 Å². The van der Waals surface area contributed by atoms with E-state index >= 15 is 0 Å². The lowest BCUT2D eigenvalue weighted by Crippen LogP contribution is -2.11. The fourth-order valence-corrected chi connectivity index (χ4v) is 5.83. The van der Waals surface area contributed by atoms with Crippen molar-refractivity contribution in [3.05, 3.63) is 30.1 Å². The Bertz CT molecular complexity index is 717. The van der Waals surface area contributed by atoms with Crippen LogP contribution >= 0.6 is 21.6 Å². The monoisotopic (exact) mass is 392 g/mol. The highest BCUT2D eigenvalue weighted by Gasteiger charge is 2.16. The summed E-state index contributed by atoms with van der Waals surface area (Å²) in [5, 5.41) is 10.8. The SMILES string of the molecule is COCc1nc(-c2cccc(NC(=O)CCCC[C@H]3CCSS3)c2)n[nH]1. The van der Waals surface area contributed by atoms with Crippen molar-refractivity contribution < 1.29 is 9.53 Å². The first-order valence-electron chi connectivity index (χ1n) is 8.83. The van der Waals surface area contributed by atoms with Gasteiger partial charge in [0.15, 0.2) is 11.6 Å². The summed E-state index contributed by atoms with van der Waals surface area (Å²) in [6, 6.07) is 7.60. The first-order valence-corrected chi connectivity index (χ1v) is 11.2. The van der Waals surface area contributed by atoms with Crippen molar-refractivity contribution in [2.75, 3.05) is 18.2 Å². The van der Waals surface area contributed by atoms with Crippen molar-refractivity contribution in [3.8, 4) is 11.4 Å². The van der Waals surface area contributed by atoms with Gasteiger partial charge in [0, 0.05) is 35.8 Å². The predicted molar refractivity (Wildman–Crippen MR) is 108 cm³/mol. The summed E-state index contributed by atoms with van der Waals surface area (Å²) in [4.78, 5) is 16.6. The van der Waals surface area contributed by atoms with E-state index in [1.807, 2.05) is 45.9 Å². The molecule has 0 spiro atoms. The van der Waals surface area contributed by atoms with Gasteiger partial charge in [0.05, 0.1) is 0 Å². The molecule has 1 fully saturated rings. The number of unbranched alkanes of at least 4 members (excludes halogenated alkanes) is 1. The molecule has 140 valence electrons. The van der Waals surface area contributed by atoms with Crippen molar-refractivity contribution in [1.29, 1.82) is 0 Å². The number of amides is 1. The largest absolute Gasteiger partial charge is 0.377 e. The number of benzene rings is 1. The van der Waals surface area contributed by atoms with Crippen molar-refractivity contribution in [1.82, 2.24) is 15.2 Å². The van der Waals surface area contributed by atoms with Crippen LogP contribution in [-0.2, 0) is 16.1 Å². The summed E-state index contributed by atoms with van der Waals surface area (Å²) < 4.78 is 5.04. The fourth-order valence-electron chi connectivity index (χ4n) is 2.81. The maximum absolute atomic E-state index is 12.2. The number of nitrogens with zero attached hydrogens (tertiary/aromatic N) is 2. The van der Waals surface area contributed by atoms with E-state index in [0.29, 0.717) is 24.7 Å². The Balaban J connectivity index is 1.47. The Morgan fingerprint density at radius 3 is 3.15 bits per heavy atom. The van der Waals surface area contributed by atoms with Gasteiger partial charge in [-0.25, -0.2) is 4.98 Å². The second-order valence-corrected chi connectivity index (χ2v) is 9.03. The smallest absolute Gasteiger partial charge is 0.224 e. The molecule has 2 N–H and O–H groups in total. The molecule has 8 heteroatoms. The van der Waals surface area contributed by atoms with Gasteiger partial charge in [-0.3, -0.25) is 9.89 Å². The molecule has 1 aromatic carbocycles. The van der Waals surface area contributed by atoms with E-state index in [2.05, 4.69) is 20.5 Å². The summed E-state index contributed by atoms with van der Waals surface area (Å²) in [6.45, 7) is 0.390. The molecular weight excluding hydrogens is 368 g/mol. The molecule has 3 rings (SSSR count). The molecule has 1 saturated heterocycles. The van der Waals surface area contributed by atoms with Crippen LogP contribution in [0.1, 0.15) is 37.9 Å². The van der Waals surface area contributed by atoms with E-state index in [-0.39, 0.29) is 5.91 Å². The van der Waals surface area contributed by atoms with Crippen LogP contribution in [0.2, 0.25) is 0 Å². The number of hydrogen-bond donors (Lipinski definition) is 2. The maximum Gasteiger partial charge on any atom is 0.224 e. The number of H-pyrrole nitrogens is 1. The van der Waals surface area contributed by atoms with Crippen molar-refractivity contribution in [2.45, 2.75) is 44.0 Å². The third-order valence-electron chi connectivity index (χ3n) is 4.12. The van der Waals surface area contributed by atoms with Gasteiger partial charge >= 0.3 is 0 Å². The van der Waals surface area contributed by atoms with Crippen LogP contribution in [0.15, 0.2) is 24.3 Å². The predicted octanol–water partition coefficient (Wildman–Crippen LogP) is 4.27. The Labute approximate surface area is 161 Å². The van der Waals surface area contributed by atoms with E-state index in [9.17, 15) is 4.79 Å². The highest BCUT2D eigenvalue weighted by Crippen LogP contribution is 2.39. The Kier molecular flexibility index (Phi) is 7.40. The van der Waals surface area contributed by atoms with E-state index < -0.39 is 0 Å². The summed E-state index contributed by atoms with van der Waals surface area (Å²) in [5.41, 5.74) is 1.63.